The molecule has 0 unspecified atom stereocenters. The van der Waals surface area contributed by atoms with Gasteiger partial charge < -0.3 is 14.2 Å². The van der Waals surface area contributed by atoms with Crippen molar-refractivity contribution >= 4 is 38.8 Å². The molecule has 3 fully saturated rings. The van der Waals surface area contributed by atoms with Crippen molar-refractivity contribution in [1.82, 2.24) is 14.2 Å². The van der Waals surface area contributed by atoms with Crippen LogP contribution in [0.5, 0.6) is 0 Å². The molecule has 214 valence electrons. The smallest absolute Gasteiger partial charge is 0.264 e. The molecule has 3 heterocycles. The molecule has 2 saturated carbocycles. The van der Waals surface area contributed by atoms with Crippen LogP contribution < -0.4 is 4.72 Å². The first-order valence-electron chi connectivity index (χ1n) is 14.8. The third kappa shape index (κ3) is 4.89. The molecule has 1 aromatic heterocycles. The van der Waals surface area contributed by atoms with E-state index in [2.05, 4.69) is 21.4 Å². The van der Waals surface area contributed by atoms with Crippen LogP contribution in [0.15, 0.2) is 48.0 Å². The number of carbonyl (C=O) groups excluding carboxylic acids is 2. The molecule has 4 aliphatic rings. The molecule has 9 heteroatoms. The molecule has 2 amide bonds. The summed E-state index contributed by atoms with van der Waals surface area (Å²) in [5, 5.41) is 0.594. The fraction of sp³-hybridized carbons (Fsp3) is 0.438. The van der Waals surface area contributed by atoms with Crippen LogP contribution >= 0.6 is 0 Å². The van der Waals surface area contributed by atoms with Crippen molar-refractivity contribution in [3.8, 4) is 11.3 Å². The zero-order valence-electron chi connectivity index (χ0n) is 23.1. The highest BCUT2D eigenvalue weighted by Crippen LogP contribution is 2.46. The zero-order valence-corrected chi connectivity index (χ0v) is 23.9. The third-order valence-electron chi connectivity index (χ3n) is 9.02. The number of amides is 2. The predicted molar refractivity (Wildman–Crippen MR) is 158 cm³/mol. The van der Waals surface area contributed by atoms with Crippen LogP contribution in [0.1, 0.15) is 72.3 Å². The van der Waals surface area contributed by atoms with Crippen LogP contribution in [0, 0.1) is 0 Å². The van der Waals surface area contributed by atoms with E-state index in [0.29, 0.717) is 62.7 Å². The Morgan fingerprint density at radius 1 is 0.927 bits per heavy atom. The SMILES string of the molecule is O=C(NS(=O)(=O)C1CC1)c1ccc2c(C3CCCCC3)c3n(c2c1)CC(C(=O)N1CCOCC1)=Cc1ccccc1-3. The summed E-state index contributed by atoms with van der Waals surface area (Å²) in [7, 11) is -3.67. The average molecular weight is 574 g/mol. The van der Waals surface area contributed by atoms with Crippen LogP contribution in [-0.4, -0.2) is 61.3 Å². The largest absolute Gasteiger partial charge is 0.378 e. The quantitative estimate of drug-likeness (QED) is 0.472. The van der Waals surface area contributed by atoms with Crippen molar-refractivity contribution in [3.63, 3.8) is 0 Å². The summed E-state index contributed by atoms with van der Waals surface area (Å²) in [5.74, 6) is -0.230. The molecule has 3 aromatic rings. The van der Waals surface area contributed by atoms with Crippen LogP contribution in [0.3, 0.4) is 0 Å². The summed E-state index contributed by atoms with van der Waals surface area (Å²) in [4.78, 5) is 28.9. The van der Waals surface area contributed by atoms with Gasteiger partial charge in [0.2, 0.25) is 10.0 Å². The fourth-order valence-electron chi connectivity index (χ4n) is 6.77. The summed E-state index contributed by atoms with van der Waals surface area (Å²) in [6.07, 6.45) is 8.99. The van der Waals surface area contributed by atoms with Gasteiger partial charge in [-0.2, -0.15) is 0 Å². The minimum absolute atomic E-state index is 0.00134. The monoisotopic (exact) mass is 573 g/mol. The van der Waals surface area contributed by atoms with E-state index < -0.39 is 21.2 Å². The summed E-state index contributed by atoms with van der Waals surface area (Å²) in [6.45, 7) is 2.55. The van der Waals surface area contributed by atoms with E-state index in [1.54, 1.807) is 6.07 Å². The topological polar surface area (TPSA) is 97.7 Å². The van der Waals surface area contributed by atoms with Crippen molar-refractivity contribution in [2.45, 2.75) is 62.7 Å². The number of rotatable bonds is 5. The van der Waals surface area contributed by atoms with Crippen LogP contribution in [-0.2, 0) is 26.1 Å². The van der Waals surface area contributed by atoms with Gasteiger partial charge in [0.25, 0.3) is 11.8 Å². The Labute approximate surface area is 240 Å². The minimum atomic E-state index is -3.67. The number of ether oxygens (including phenoxy) is 1. The lowest BCUT2D eigenvalue weighted by atomic mass is 9.81. The van der Waals surface area contributed by atoms with Gasteiger partial charge in [0.1, 0.15) is 0 Å². The first-order valence-corrected chi connectivity index (χ1v) is 16.3. The number of sulfonamides is 1. The van der Waals surface area contributed by atoms with Crippen molar-refractivity contribution in [2.75, 3.05) is 26.3 Å². The molecular formula is C32H35N3O5S. The van der Waals surface area contributed by atoms with Crippen LogP contribution in [0.2, 0.25) is 0 Å². The average Bonchev–Trinajstić information content (AvgIpc) is 3.83. The normalized spacial score (nSPS) is 19.7. The number of hydrogen-bond donors (Lipinski definition) is 1. The Morgan fingerprint density at radius 3 is 2.44 bits per heavy atom. The number of morpholine rings is 1. The Morgan fingerprint density at radius 2 is 1.68 bits per heavy atom. The molecule has 41 heavy (non-hydrogen) atoms. The maximum atomic E-state index is 13.8. The number of carbonyl (C=O) groups is 2. The Balaban J connectivity index is 1.39. The van der Waals surface area contributed by atoms with Crippen molar-refractivity contribution in [1.29, 1.82) is 0 Å². The summed E-state index contributed by atoms with van der Waals surface area (Å²) in [5.41, 5.74) is 6.32. The second kappa shape index (κ2) is 10.4. The van der Waals surface area contributed by atoms with Crippen LogP contribution in [0.25, 0.3) is 28.2 Å². The maximum absolute atomic E-state index is 13.8. The summed E-state index contributed by atoms with van der Waals surface area (Å²) in [6, 6.07) is 13.8. The van der Waals surface area contributed by atoms with Gasteiger partial charge >= 0.3 is 0 Å². The van der Waals surface area contributed by atoms with Gasteiger partial charge in [-0.15, -0.1) is 0 Å². The van der Waals surface area contributed by atoms with Gasteiger partial charge in [0, 0.05) is 40.7 Å². The molecule has 0 atom stereocenters. The summed E-state index contributed by atoms with van der Waals surface area (Å²) < 4.78 is 35.1. The Bertz CT molecular complexity index is 1670. The Hall–Kier alpha value is -3.43. The van der Waals surface area contributed by atoms with E-state index in [4.69, 9.17) is 4.74 Å². The molecule has 1 N–H and O–H groups in total. The van der Waals surface area contributed by atoms with E-state index >= 15 is 0 Å². The minimum Gasteiger partial charge on any atom is -0.378 e. The highest BCUT2D eigenvalue weighted by Gasteiger charge is 2.37. The number of hydrogen-bond acceptors (Lipinski definition) is 5. The molecule has 2 aromatic carbocycles. The van der Waals surface area contributed by atoms with E-state index in [1.807, 2.05) is 35.2 Å². The molecule has 8 nitrogen and oxygen atoms in total. The van der Waals surface area contributed by atoms with E-state index in [1.165, 1.54) is 24.8 Å². The lowest BCUT2D eigenvalue weighted by molar-refractivity contribution is -0.131. The van der Waals surface area contributed by atoms with Crippen molar-refractivity contribution in [3.05, 3.63) is 64.7 Å². The van der Waals surface area contributed by atoms with Crippen molar-refractivity contribution in [2.24, 2.45) is 0 Å². The first-order chi connectivity index (χ1) is 19.9. The number of nitrogens with one attached hydrogen (secondary N) is 1. The zero-order chi connectivity index (χ0) is 28.1. The lowest BCUT2D eigenvalue weighted by Crippen LogP contribution is -2.41. The standard InChI is InChI=1S/C32H35N3O5S/c36-31(33-41(38,39)25-11-12-25)23-10-13-27-28(19-23)35-20-24(32(37)34-14-16-40-17-15-34)18-22-8-4-5-9-26(22)30(35)29(27)21-6-2-1-3-7-21/h4-5,8-10,13,18-19,21,25H,1-3,6-7,11-12,14-17,20H2,(H,33,36). The van der Waals surface area contributed by atoms with Gasteiger partial charge in [0.15, 0.2) is 0 Å². The highest BCUT2D eigenvalue weighted by molar-refractivity contribution is 7.91. The molecule has 2 aliphatic carbocycles. The second-order valence-corrected chi connectivity index (χ2v) is 13.7. The van der Waals surface area contributed by atoms with E-state index in [9.17, 15) is 18.0 Å². The molecule has 2 aliphatic heterocycles. The van der Waals surface area contributed by atoms with E-state index in [-0.39, 0.29) is 5.91 Å². The van der Waals surface area contributed by atoms with Gasteiger partial charge in [-0.3, -0.25) is 9.59 Å². The molecular weight excluding hydrogens is 538 g/mol. The fourth-order valence-corrected chi connectivity index (χ4v) is 8.07. The van der Waals surface area contributed by atoms with Gasteiger partial charge in [-0.25, -0.2) is 13.1 Å². The van der Waals surface area contributed by atoms with Gasteiger partial charge in [0.05, 0.1) is 30.7 Å². The third-order valence-corrected chi connectivity index (χ3v) is 10.8. The highest BCUT2D eigenvalue weighted by atomic mass is 32.2. The molecule has 0 spiro atoms. The lowest BCUT2D eigenvalue weighted by Gasteiger charge is -2.28. The van der Waals surface area contributed by atoms with E-state index in [0.717, 1.165) is 40.6 Å². The Kier molecular flexibility index (Phi) is 6.74. The number of nitrogens with zero attached hydrogens (tertiary/aromatic N) is 2. The summed E-state index contributed by atoms with van der Waals surface area (Å²) >= 11 is 0. The van der Waals surface area contributed by atoms with Gasteiger partial charge in [-0.05, 0) is 60.9 Å². The molecule has 0 bridgehead atoms. The molecule has 0 radical (unpaired) electrons. The number of benzene rings is 2. The number of aromatic nitrogens is 1. The first kappa shape index (κ1) is 26.5. The van der Waals surface area contributed by atoms with Crippen LogP contribution in [0.4, 0.5) is 0 Å². The maximum Gasteiger partial charge on any atom is 0.264 e. The van der Waals surface area contributed by atoms with Gasteiger partial charge in [-0.1, -0.05) is 49.6 Å². The molecule has 7 rings (SSSR count). The molecule has 1 saturated heterocycles. The van der Waals surface area contributed by atoms with Crippen molar-refractivity contribution < 1.29 is 22.7 Å². The second-order valence-electron chi connectivity index (χ2n) is 11.8. The predicted octanol–water partition coefficient (Wildman–Crippen LogP) is 4.83. The number of fused-ring (bicyclic) bond motifs is 5.